The molecule has 0 saturated heterocycles. The van der Waals surface area contributed by atoms with Crippen molar-refractivity contribution >= 4 is 21.7 Å². The summed E-state index contributed by atoms with van der Waals surface area (Å²) >= 11 is 0. The predicted molar refractivity (Wildman–Crippen MR) is 91.6 cm³/mol. The van der Waals surface area contributed by atoms with Crippen LogP contribution in [0.4, 0.5) is 11.6 Å². The van der Waals surface area contributed by atoms with Gasteiger partial charge in [0.2, 0.25) is 0 Å². The van der Waals surface area contributed by atoms with E-state index < -0.39 is 10.0 Å². The van der Waals surface area contributed by atoms with Crippen LogP contribution in [0.1, 0.15) is 24.2 Å². The Bertz CT molecular complexity index is 855. The summed E-state index contributed by atoms with van der Waals surface area (Å²) in [6, 6.07) is 1.59. The van der Waals surface area contributed by atoms with Gasteiger partial charge in [0.1, 0.15) is 22.9 Å². The lowest BCUT2D eigenvalue weighted by atomic mass is 10.4. The zero-order chi connectivity index (χ0) is 17.5. The highest BCUT2D eigenvalue weighted by Crippen LogP contribution is 2.32. The highest BCUT2D eigenvalue weighted by molar-refractivity contribution is 7.92. The molecule has 8 nitrogen and oxygen atoms in total. The normalized spacial score (nSPS) is 14.7. The second-order valence-electron chi connectivity index (χ2n) is 6.39. The van der Waals surface area contributed by atoms with Crippen LogP contribution in [0.2, 0.25) is 0 Å². The Balaban J connectivity index is 1.90. The molecule has 0 atom stereocenters. The summed E-state index contributed by atoms with van der Waals surface area (Å²) < 4.78 is 29.9. The van der Waals surface area contributed by atoms with E-state index in [2.05, 4.69) is 19.8 Å². The molecule has 1 N–H and O–H groups in total. The van der Waals surface area contributed by atoms with Gasteiger partial charge >= 0.3 is 0 Å². The molecule has 130 valence electrons. The van der Waals surface area contributed by atoms with Crippen LogP contribution >= 0.6 is 0 Å². The summed E-state index contributed by atoms with van der Waals surface area (Å²) in [6.45, 7) is 4.29. The number of rotatable bonds is 6. The Hall–Kier alpha value is -2.16. The maximum atomic E-state index is 12.8. The van der Waals surface area contributed by atoms with Gasteiger partial charge in [0.15, 0.2) is 0 Å². The van der Waals surface area contributed by atoms with Crippen molar-refractivity contribution < 1.29 is 8.42 Å². The Morgan fingerprint density at radius 2 is 2.00 bits per heavy atom. The van der Waals surface area contributed by atoms with Gasteiger partial charge in [0.05, 0.1) is 11.4 Å². The summed E-state index contributed by atoms with van der Waals surface area (Å²) in [4.78, 5) is 10.1. The number of nitrogens with one attached hydrogen (secondary N) is 1. The first-order valence-electron chi connectivity index (χ1n) is 7.84. The van der Waals surface area contributed by atoms with Gasteiger partial charge in [-0.1, -0.05) is 0 Å². The number of nitrogens with zero attached hydrogens (tertiary/aromatic N) is 5. The zero-order valence-corrected chi connectivity index (χ0v) is 15.1. The number of hydrogen-bond acceptors (Lipinski definition) is 6. The van der Waals surface area contributed by atoms with Crippen LogP contribution in [0.15, 0.2) is 17.3 Å². The van der Waals surface area contributed by atoms with Gasteiger partial charge in [0, 0.05) is 26.7 Å². The minimum atomic E-state index is -3.75. The Labute approximate surface area is 142 Å². The molecule has 0 spiro atoms. The molecule has 9 heteroatoms. The maximum Gasteiger partial charge on any atom is 0.266 e. The molecule has 0 unspecified atom stereocenters. The van der Waals surface area contributed by atoms with Crippen molar-refractivity contribution in [3.05, 3.63) is 23.8 Å². The van der Waals surface area contributed by atoms with Crippen molar-refractivity contribution in [3.8, 4) is 0 Å². The molecule has 2 aromatic heterocycles. The van der Waals surface area contributed by atoms with E-state index in [1.165, 1.54) is 19.2 Å². The van der Waals surface area contributed by atoms with Crippen molar-refractivity contribution in [1.29, 1.82) is 0 Å². The summed E-state index contributed by atoms with van der Waals surface area (Å²) in [7, 11) is -0.0935. The molecule has 3 rings (SSSR count). The van der Waals surface area contributed by atoms with Gasteiger partial charge in [-0.05, 0) is 32.6 Å². The minimum Gasteiger partial charge on any atom is -0.363 e. The quantitative estimate of drug-likeness (QED) is 0.850. The summed E-state index contributed by atoms with van der Waals surface area (Å²) in [5.41, 5.74) is 1.16. The zero-order valence-electron chi connectivity index (χ0n) is 14.3. The van der Waals surface area contributed by atoms with E-state index in [4.69, 9.17) is 0 Å². The van der Waals surface area contributed by atoms with Crippen LogP contribution < -0.4 is 9.62 Å². The second-order valence-corrected chi connectivity index (χ2v) is 8.01. The summed E-state index contributed by atoms with van der Waals surface area (Å²) in [5.74, 6) is 1.49. The highest BCUT2D eigenvalue weighted by Gasteiger charge is 2.28. The largest absolute Gasteiger partial charge is 0.363 e. The number of aromatic nitrogens is 4. The first-order valence-corrected chi connectivity index (χ1v) is 9.32. The summed E-state index contributed by atoms with van der Waals surface area (Å²) in [5, 5.41) is 4.40. The fourth-order valence-corrected chi connectivity index (χ4v) is 4.04. The van der Waals surface area contributed by atoms with Gasteiger partial charge in [-0.25, -0.2) is 18.4 Å². The van der Waals surface area contributed by atoms with E-state index in [9.17, 15) is 8.42 Å². The van der Waals surface area contributed by atoms with Crippen molar-refractivity contribution in [3.63, 3.8) is 0 Å². The highest BCUT2D eigenvalue weighted by atomic mass is 32.2. The maximum absolute atomic E-state index is 12.8. The lowest BCUT2D eigenvalue weighted by Crippen LogP contribution is -2.17. The van der Waals surface area contributed by atoms with Gasteiger partial charge < -0.3 is 4.90 Å². The van der Waals surface area contributed by atoms with Crippen molar-refractivity contribution in [2.24, 2.45) is 5.92 Å². The summed E-state index contributed by atoms with van der Waals surface area (Å²) in [6.07, 6.45) is 3.71. The fourth-order valence-electron chi connectivity index (χ4n) is 2.63. The van der Waals surface area contributed by atoms with Gasteiger partial charge in [-0.15, -0.1) is 0 Å². The third-order valence-electron chi connectivity index (χ3n) is 4.06. The average molecular weight is 350 g/mol. The topological polar surface area (TPSA) is 93.0 Å². The molecule has 0 radical (unpaired) electrons. The monoisotopic (exact) mass is 350 g/mol. The van der Waals surface area contributed by atoms with E-state index in [0.717, 1.165) is 6.54 Å². The lowest BCUT2D eigenvalue weighted by molar-refractivity contribution is 0.545. The number of hydrogen-bond donors (Lipinski definition) is 1. The molecule has 0 amide bonds. The van der Waals surface area contributed by atoms with Crippen molar-refractivity contribution in [2.45, 2.75) is 38.1 Å². The molecule has 1 fully saturated rings. The molecule has 0 aliphatic heterocycles. The van der Waals surface area contributed by atoms with E-state index in [1.807, 2.05) is 14.1 Å². The molecular weight excluding hydrogens is 328 g/mol. The third-order valence-corrected chi connectivity index (χ3v) is 5.67. The SMILES string of the molecule is Cc1nn(CC2CC2)c(C)c1S(=O)(=O)Nc1cc(N(C)C)ncn1. The van der Waals surface area contributed by atoms with Gasteiger partial charge in [0.25, 0.3) is 10.0 Å². The van der Waals surface area contributed by atoms with Crippen molar-refractivity contribution in [1.82, 2.24) is 19.7 Å². The Kier molecular flexibility index (Phi) is 4.20. The standard InChI is InChI=1S/C15H22N6O2S/c1-10-15(11(2)21(18-10)8-12-5-6-12)24(22,23)19-13-7-14(20(3)4)17-9-16-13/h7,9,12H,5-6,8H2,1-4H3,(H,16,17,19). The molecular formula is C15H22N6O2S. The number of aryl methyl sites for hydroxylation is 1. The van der Waals surface area contributed by atoms with E-state index in [-0.39, 0.29) is 10.7 Å². The lowest BCUT2D eigenvalue weighted by Gasteiger charge is -2.13. The van der Waals surface area contributed by atoms with Gasteiger partial charge in [-0.3, -0.25) is 9.40 Å². The van der Waals surface area contributed by atoms with Gasteiger partial charge in [-0.2, -0.15) is 5.10 Å². The van der Waals surface area contributed by atoms with Crippen molar-refractivity contribution in [2.75, 3.05) is 23.7 Å². The Morgan fingerprint density at radius 1 is 1.29 bits per heavy atom. The molecule has 2 heterocycles. The number of anilines is 2. The molecule has 1 aliphatic carbocycles. The molecule has 24 heavy (non-hydrogen) atoms. The molecule has 0 bridgehead atoms. The van der Waals surface area contributed by atoms with Crippen LogP contribution in [-0.4, -0.2) is 42.3 Å². The van der Waals surface area contributed by atoms with Crippen LogP contribution in [0, 0.1) is 19.8 Å². The third kappa shape index (κ3) is 3.35. The number of sulfonamides is 1. The second kappa shape index (κ2) is 6.04. The van der Waals surface area contributed by atoms with Crippen LogP contribution in [0.3, 0.4) is 0 Å². The molecule has 1 aliphatic rings. The smallest absolute Gasteiger partial charge is 0.266 e. The first-order chi connectivity index (χ1) is 11.3. The average Bonchev–Trinajstić information content (AvgIpc) is 3.24. The van der Waals surface area contributed by atoms with Crippen LogP contribution in [0.25, 0.3) is 0 Å². The minimum absolute atomic E-state index is 0.230. The van der Waals surface area contributed by atoms with Crippen LogP contribution in [-0.2, 0) is 16.6 Å². The van der Waals surface area contributed by atoms with E-state index in [1.54, 1.807) is 29.5 Å². The molecule has 1 saturated carbocycles. The molecule has 2 aromatic rings. The Morgan fingerprint density at radius 3 is 2.62 bits per heavy atom. The van der Waals surface area contributed by atoms with E-state index >= 15 is 0 Å². The van der Waals surface area contributed by atoms with E-state index in [0.29, 0.717) is 23.1 Å². The first kappa shape index (κ1) is 16.7. The van der Waals surface area contributed by atoms with Crippen LogP contribution in [0.5, 0.6) is 0 Å². The fraction of sp³-hybridized carbons (Fsp3) is 0.533. The predicted octanol–water partition coefficient (Wildman–Crippen LogP) is 1.57. The molecule has 0 aromatic carbocycles.